The van der Waals surface area contributed by atoms with Gasteiger partial charge in [0.1, 0.15) is 12.4 Å². The smallest absolute Gasteiger partial charge is 0.138 e. The van der Waals surface area contributed by atoms with E-state index in [1.807, 2.05) is 37.3 Å². The molecule has 2 aromatic carbocycles. The molecule has 0 aliphatic carbocycles. The average Bonchev–Trinajstić information content (AvgIpc) is 2.35. The Balaban J connectivity index is 2.17. The maximum absolute atomic E-state index is 5.86. The zero-order valence-corrected chi connectivity index (χ0v) is 12.6. The van der Waals surface area contributed by atoms with Crippen LogP contribution in [0.5, 0.6) is 5.75 Å². The van der Waals surface area contributed by atoms with Gasteiger partial charge >= 0.3 is 0 Å². The first-order valence-corrected chi connectivity index (χ1v) is 6.88. The third-order valence-electron chi connectivity index (χ3n) is 2.47. The second kappa shape index (κ2) is 5.69. The quantitative estimate of drug-likeness (QED) is 0.744. The van der Waals surface area contributed by atoms with E-state index in [9.17, 15) is 0 Å². The lowest BCUT2D eigenvalue weighted by Gasteiger charge is -2.12. The molecule has 17 heavy (non-hydrogen) atoms. The van der Waals surface area contributed by atoms with Crippen molar-refractivity contribution in [3.63, 3.8) is 0 Å². The van der Waals surface area contributed by atoms with Crippen molar-refractivity contribution in [1.29, 1.82) is 0 Å². The number of halogens is 2. The second-order valence-corrected chi connectivity index (χ2v) is 5.43. The second-order valence-electron chi connectivity index (χ2n) is 3.78. The minimum atomic E-state index is 0.580. The Labute approximate surface area is 118 Å². The van der Waals surface area contributed by atoms with Gasteiger partial charge in [-0.15, -0.1) is 0 Å². The van der Waals surface area contributed by atoms with Gasteiger partial charge in [-0.05, 0) is 56.0 Å². The van der Waals surface area contributed by atoms with Gasteiger partial charge < -0.3 is 4.74 Å². The predicted molar refractivity (Wildman–Crippen MR) is 77.4 cm³/mol. The lowest BCUT2D eigenvalue weighted by molar-refractivity contribution is 0.302. The van der Waals surface area contributed by atoms with Crippen molar-refractivity contribution in [3.05, 3.63) is 62.5 Å². The normalized spacial score (nSPS) is 10.3. The van der Waals surface area contributed by atoms with Crippen LogP contribution in [0.1, 0.15) is 11.1 Å². The number of ether oxygens (including phenoxy) is 1. The highest BCUT2D eigenvalue weighted by Crippen LogP contribution is 2.35. The Morgan fingerprint density at radius 3 is 2.41 bits per heavy atom. The van der Waals surface area contributed by atoms with Gasteiger partial charge in [0, 0.05) is 4.47 Å². The molecule has 0 unspecified atom stereocenters. The summed E-state index contributed by atoms with van der Waals surface area (Å²) < 4.78 is 7.83. The fraction of sp³-hybridized carbons (Fsp3) is 0.143. The van der Waals surface area contributed by atoms with E-state index in [4.69, 9.17) is 4.74 Å². The summed E-state index contributed by atoms with van der Waals surface area (Å²) in [6.45, 7) is 2.62. The lowest BCUT2D eigenvalue weighted by Crippen LogP contribution is -1.97. The fourth-order valence-corrected chi connectivity index (χ4v) is 2.41. The van der Waals surface area contributed by atoms with E-state index < -0.39 is 0 Å². The number of benzene rings is 2. The number of hydrogen-bond acceptors (Lipinski definition) is 1. The maximum Gasteiger partial charge on any atom is 0.138 e. The van der Waals surface area contributed by atoms with Crippen LogP contribution in [0, 0.1) is 6.92 Å². The Bertz CT molecular complexity index is 509. The van der Waals surface area contributed by atoms with Gasteiger partial charge in [0.15, 0.2) is 0 Å². The molecule has 0 radical (unpaired) electrons. The Hall–Kier alpha value is -0.800. The topological polar surface area (TPSA) is 9.23 Å². The van der Waals surface area contributed by atoms with E-state index in [1.165, 1.54) is 5.56 Å². The van der Waals surface area contributed by atoms with E-state index in [0.717, 1.165) is 20.3 Å². The summed E-state index contributed by atoms with van der Waals surface area (Å²) in [4.78, 5) is 0. The van der Waals surface area contributed by atoms with E-state index in [2.05, 4.69) is 44.0 Å². The van der Waals surface area contributed by atoms with Gasteiger partial charge in [0.25, 0.3) is 0 Å². The maximum atomic E-state index is 5.86. The van der Waals surface area contributed by atoms with Gasteiger partial charge in [0.05, 0.1) is 4.47 Å². The largest absolute Gasteiger partial charge is 0.487 e. The van der Waals surface area contributed by atoms with Crippen LogP contribution in [0.3, 0.4) is 0 Å². The van der Waals surface area contributed by atoms with Crippen LogP contribution >= 0.6 is 31.9 Å². The van der Waals surface area contributed by atoms with Gasteiger partial charge in [-0.3, -0.25) is 0 Å². The summed E-state index contributed by atoms with van der Waals surface area (Å²) >= 11 is 7.01. The van der Waals surface area contributed by atoms with E-state index in [1.54, 1.807) is 0 Å². The first-order valence-electron chi connectivity index (χ1n) is 5.30. The molecule has 0 bridgehead atoms. The van der Waals surface area contributed by atoms with Crippen molar-refractivity contribution < 1.29 is 4.74 Å². The van der Waals surface area contributed by atoms with Crippen molar-refractivity contribution in [2.45, 2.75) is 13.5 Å². The van der Waals surface area contributed by atoms with Crippen LogP contribution in [0.4, 0.5) is 0 Å². The predicted octanol–water partition coefficient (Wildman–Crippen LogP) is 5.10. The van der Waals surface area contributed by atoms with Crippen LogP contribution in [-0.4, -0.2) is 0 Å². The van der Waals surface area contributed by atoms with Gasteiger partial charge in [-0.1, -0.05) is 36.4 Å². The monoisotopic (exact) mass is 354 g/mol. The molecule has 0 amide bonds. The molecule has 0 spiro atoms. The summed E-state index contributed by atoms with van der Waals surface area (Å²) in [7, 11) is 0. The average molecular weight is 356 g/mol. The molecule has 88 valence electrons. The summed E-state index contributed by atoms with van der Waals surface area (Å²) in [5, 5.41) is 0. The zero-order chi connectivity index (χ0) is 12.3. The van der Waals surface area contributed by atoms with Crippen LogP contribution in [0.2, 0.25) is 0 Å². The van der Waals surface area contributed by atoms with Crippen LogP contribution in [0.25, 0.3) is 0 Å². The van der Waals surface area contributed by atoms with Gasteiger partial charge in [0.2, 0.25) is 0 Å². The molecule has 0 atom stereocenters. The molecule has 0 N–H and O–H groups in total. The van der Waals surface area contributed by atoms with E-state index in [-0.39, 0.29) is 0 Å². The lowest BCUT2D eigenvalue weighted by atomic mass is 10.2. The summed E-state index contributed by atoms with van der Waals surface area (Å²) in [5.41, 5.74) is 2.29. The van der Waals surface area contributed by atoms with E-state index >= 15 is 0 Å². The molecule has 0 aromatic heterocycles. The highest BCUT2D eigenvalue weighted by molar-refractivity contribution is 9.13. The molecule has 0 aliphatic rings. The SMILES string of the molecule is Cc1ccc(Br)c(Br)c1OCc1ccccc1. The molecular weight excluding hydrogens is 344 g/mol. The molecule has 0 saturated heterocycles. The Morgan fingerprint density at radius 1 is 1.00 bits per heavy atom. The summed E-state index contributed by atoms with van der Waals surface area (Å²) in [5.74, 6) is 0.892. The molecule has 0 fully saturated rings. The standard InChI is InChI=1S/C14H12Br2O/c1-10-7-8-12(15)13(16)14(10)17-9-11-5-3-2-4-6-11/h2-8H,9H2,1H3. The third kappa shape index (κ3) is 3.11. The molecule has 3 heteroatoms. The van der Waals surface area contributed by atoms with Crippen LogP contribution < -0.4 is 4.74 Å². The van der Waals surface area contributed by atoms with Crippen LogP contribution in [-0.2, 0) is 6.61 Å². The molecule has 0 saturated carbocycles. The molecule has 1 nitrogen and oxygen atoms in total. The summed E-state index contributed by atoms with van der Waals surface area (Å²) in [6, 6.07) is 14.2. The molecular formula is C14H12Br2O. The minimum Gasteiger partial charge on any atom is -0.487 e. The van der Waals surface area contributed by atoms with Crippen molar-refractivity contribution >= 4 is 31.9 Å². The van der Waals surface area contributed by atoms with Gasteiger partial charge in [-0.25, -0.2) is 0 Å². The number of aryl methyl sites for hydroxylation is 1. The molecule has 2 aromatic rings. The first-order chi connectivity index (χ1) is 8.18. The summed E-state index contributed by atoms with van der Waals surface area (Å²) in [6.07, 6.45) is 0. The minimum absolute atomic E-state index is 0.580. The van der Waals surface area contributed by atoms with E-state index in [0.29, 0.717) is 6.61 Å². The number of hydrogen-bond donors (Lipinski definition) is 0. The van der Waals surface area contributed by atoms with Crippen molar-refractivity contribution in [2.24, 2.45) is 0 Å². The molecule has 0 heterocycles. The highest BCUT2D eigenvalue weighted by atomic mass is 79.9. The van der Waals surface area contributed by atoms with Crippen molar-refractivity contribution in [2.75, 3.05) is 0 Å². The number of rotatable bonds is 3. The zero-order valence-electron chi connectivity index (χ0n) is 9.41. The Morgan fingerprint density at radius 2 is 1.71 bits per heavy atom. The highest BCUT2D eigenvalue weighted by Gasteiger charge is 2.08. The molecule has 2 rings (SSSR count). The third-order valence-corrected chi connectivity index (χ3v) is 4.45. The van der Waals surface area contributed by atoms with Crippen molar-refractivity contribution in [1.82, 2.24) is 0 Å². The Kier molecular flexibility index (Phi) is 4.24. The van der Waals surface area contributed by atoms with Gasteiger partial charge in [-0.2, -0.15) is 0 Å². The molecule has 0 aliphatic heterocycles. The fourth-order valence-electron chi connectivity index (χ4n) is 1.54. The first kappa shape index (κ1) is 12.7. The van der Waals surface area contributed by atoms with Crippen LogP contribution in [0.15, 0.2) is 51.4 Å². The van der Waals surface area contributed by atoms with Crippen molar-refractivity contribution in [3.8, 4) is 5.75 Å².